The predicted octanol–water partition coefficient (Wildman–Crippen LogP) is 1.52. The first-order valence-corrected chi connectivity index (χ1v) is 6.80. The molecule has 7 heteroatoms. The van der Waals surface area contributed by atoms with Crippen molar-refractivity contribution < 1.29 is 14.3 Å². The van der Waals surface area contributed by atoms with Crippen LogP contribution >= 0.6 is 11.3 Å². The predicted molar refractivity (Wildman–Crippen MR) is 74.6 cm³/mol. The molecule has 0 aliphatic carbocycles. The first kappa shape index (κ1) is 15.4. The molecule has 0 saturated heterocycles. The molecular formula is C12H19N3O3S. The topological polar surface area (TPSA) is 71.5 Å². The van der Waals surface area contributed by atoms with Gasteiger partial charge in [0.1, 0.15) is 6.04 Å². The van der Waals surface area contributed by atoms with Gasteiger partial charge in [0, 0.05) is 19.0 Å². The van der Waals surface area contributed by atoms with Crippen LogP contribution < -0.4 is 5.32 Å². The normalized spacial score (nSPS) is 11.8. The summed E-state index contributed by atoms with van der Waals surface area (Å²) in [6.45, 7) is 5.61. The average molecular weight is 285 g/mol. The Morgan fingerprint density at radius 3 is 2.63 bits per heavy atom. The van der Waals surface area contributed by atoms with Crippen LogP contribution in [0.1, 0.15) is 29.2 Å². The van der Waals surface area contributed by atoms with E-state index in [0.29, 0.717) is 17.4 Å². The molecule has 0 fully saturated rings. The molecule has 19 heavy (non-hydrogen) atoms. The summed E-state index contributed by atoms with van der Waals surface area (Å²) in [6.07, 6.45) is 0. The maximum Gasteiger partial charge on any atom is 0.358 e. The molecular weight excluding hydrogens is 266 g/mol. The Morgan fingerprint density at radius 2 is 2.11 bits per heavy atom. The number of thiazole rings is 1. The molecule has 1 amide bonds. The van der Waals surface area contributed by atoms with E-state index in [2.05, 4.69) is 10.3 Å². The lowest BCUT2D eigenvalue weighted by Crippen LogP contribution is -2.36. The number of aryl methyl sites for hydroxylation is 1. The number of anilines is 1. The molecule has 0 radical (unpaired) electrons. The summed E-state index contributed by atoms with van der Waals surface area (Å²) in [6, 6.07) is -0.393. The van der Waals surface area contributed by atoms with Crippen molar-refractivity contribution in [2.24, 2.45) is 0 Å². The van der Waals surface area contributed by atoms with Crippen molar-refractivity contribution in [3.63, 3.8) is 0 Å². The highest BCUT2D eigenvalue weighted by molar-refractivity contribution is 7.15. The van der Waals surface area contributed by atoms with Gasteiger partial charge in [0.25, 0.3) is 0 Å². The lowest BCUT2D eigenvalue weighted by molar-refractivity contribution is -0.129. The van der Waals surface area contributed by atoms with Gasteiger partial charge in [-0.05, 0) is 20.8 Å². The Hall–Kier alpha value is -1.63. The molecule has 1 aromatic heterocycles. The van der Waals surface area contributed by atoms with E-state index in [1.807, 2.05) is 0 Å². The number of hydrogen-bond acceptors (Lipinski definition) is 6. The largest absolute Gasteiger partial charge is 0.461 e. The number of nitrogens with one attached hydrogen (secondary N) is 1. The number of carbonyl (C=O) groups excluding carboxylic acids is 2. The van der Waals surface area contributed by atoms with Crippen LogP contribution in [0.5, 0.6) is 0 Å². The molecule has 1 unspecified atom stereocenters. The fraction of sp³-hybridized carbons (Fsp3) is 0.583. The van der Waals surface area contributed by atoms with Gasteiger partial charge < -0.3 is 15.0 Å². The molecule has 6 nitrogen and oxygen atoms in total. The van der Waals surface area contributed by atoms with Gasteiger partial charge in [-0.25, -0.2) is 9.78 Å². The standard InChI is InChI=1S/C12H19N3O3S/c1-6-18-11(17)9-8(3)19-12(14-9)13-7(2)10(16)15(4)5/h7H,6H2,1-5H3,(H,13,14). The zero-order valence-electron chi connectivity index (χ0n) is 11.8. The van der Waals surface area contributed by atoms with Gasteiger partial charge in [0.05, 0.1) is 6.61 Å². The van der Waals surface area contributed by atoms with Gasteiger partial charge in [-0.3, -0.25) is 4.79 Å². The molecule has 0 aliphatic rings. The first-order valence-electron chi connectivity index (χ1n) is 5.99. The molecule has 0 spiro atoms. The van der Waals surface area contributed by atoms with E-state index in [1.165, 1.54) is 16.2 Å². The Morgan fingerprint density at radius 1 is 1.47 bits per heavy atom. The van der Waals surface area contributed by atoms with Crippen molar-refractivity contribution in [3.8, 4) is 0 Å². The zero-order valence-corrected chi connectivity index (χ0v) is 12.6. The molecule has 1 rings (SSSR count). The summed E-state index contributed by atoms with van der Waals surface area (Å²) in [5.74, 6) is -0.485. The van der Waals surface area contributed by atoms with Crippen LogP contribution in [0.3, 0.4) is 0 Å². The van der Waals surface area contributed by atoms with Crippen molar-refractivity contribution in [1.82, 2.24) is 9.88 Å². The maximum absolute atomic E-state index is 11.7. The van der Waals surface area contributed by atoms with Gasteiger partial charge in [-0.1, -0.05) is 0 Å². The van der Waals surface area contributed by atoms with E-state index in [4.69, 9.17) is 4.74 Å². The van der Waals surface area contributed by atoms with E-state index in [9.17, 15) is 9.59 Å². The highest BCUT2D eigenvalue weighted by Gasteiger charge is 2.20. The molecule has 1 heterocycles. The molecule has 1 atom stereocenters. The van der Waals surface area contributed by atoms with Gasteiger partial charge >= 0.3 is 5.97 Å². The quantitative estimate of drug-likeness (QED) is 0.830. The minimum absolute atomic E-state index is 0.0504. The molecule has 0 aliphatic heterocycles. The zero-order chi connectivity index (χ0) is 14.6. The van der Waals surface area contributed by atoms with Gasteiger partial charge in [-0.2, -0.15) is 0 Å². The lowest BCUT2D eigenvalue weighted by atomic mass is 10.3. The summed E-state index contributed by atoms with van der Waals surface area (Å²) in [5, 5.41) is 3.53. The number of ether oxygens (including phenoxy) is 1. The van der Waals surface area contributed by atoms with E-state index < -0.39 is 12.0 Å². The molecule has 0 aromatic carbocycles. The van der Waals surface area contributed by atoms with Crippen LogP contribution in [-0.4, -0.2) is 48.5 Å². The Balaban J connectivity index is 2.79. The third kappa shape index (κ3) is 3.92. The van der Waals surface area contributed by atoms with Crippen LogP contribution in [-0.2, 0) is 9.53 Å². The van der Waals surface area contributed by atoms with Gasteiger partial charge in [0.2, 0.25) is 5.91 Å². The maximum atomic E-state index is 11.7. The number of likely N-dealkylation sites (N-methyl/N-ethyl adjacent to an activating group) is 1. The van der Waals surface area contributed by atoms with Crippen molar-refractivity contribution in [2.75, 3.05) is 26.0 Å². The number of rotatable bonds is 5. The lowest BCUT2D eigenvalue weighted by Gasteiger charge is -2.17. The third-order valence-corrected chi connectivity index (χ3v) is 3.32. The highest BCUT2D eigenvalue weighted by atomic mass is 32.1. The van der Waals surface area contributed by atoms with E-state index in [1.54, 1.807) is 34.9 Å². The Labute approximate surface area is 116 Å². The van der Waals surface area contributed by atoms with Crippen molar-refractivity contribution >= 4 is 28.3 Å². The molecule has 0 saturated carbocycles. The van der Waals surface area contributed by atoms with Crippen LogP contribution in [0.25, 0.3) is 0 Å². The number of hydrogen-bond donors (Lipinski definition) is 1. The Bertz CT molecular complexity index is 471. The monoisotopic (exact) mass is 285 g/mol. The van der Waals surface area contributed by atoms with Crippen LogP contribution in [0.15, 0.2) is 0 Å². The van der Waals surface area contributed by atoms with Crippen LogP contribution in [0.2, 0.25) is 0 Å². The van der Waals surface area contributed by atoms with E-state index in [0.717, 1.165) is 4.88 Å². The summed E-state index contributed by atoms with van der Waals surface area (Å²) < 4.78 is 4.92. The summed E-state index contributed by atoms with van der Waals surface area (Å²) in [5.41, 5.74) is 0.304. The fourth-order valence-electron chi connectivity index (χ4n) is 1.48. The third-order valence-electron chi connectivity index (χ3n) is 2.42. The summed E-state index contributed by atoms with van der Waals surface area (Å²) in [7, 11) is 3.38. The van der Waals surface area contributed by atoms with Gasteiger partial charge in [-0.15, -0.1) is 11.3 Å². The van der Waals surface area contributed by atoms with E-state index in [-0.39, 0.29) is 5.91 Å². The number of carbonyl (C=O) groups is 2. The first-order chi connectivity index (χ1) is 8.86. The van der Waals surface area contributed by atoms with Crippen LogP contribution in [0.4, 0.5) is 5.13 Å². The second-order valence-corrected chi connectivity index (χ2v) is 5.45. The fourth-order valence-corrected chi connectivity index (χ4v) is 2.37. The van der Waals surface area contributed by atoms with E-state index >= 15 is 0 Å². The summed E-state index contributed by atoms with van der Waals surface area (Å²) >= 11 is 1.33. The number of esters is 1. The average Bonchev–Trinajstić information content (AvgIpc) is 2.69. The van der Waals surface area contributed by atoms with Crippen molar-refractivity contribution in [2.45, 2.75) is 26.8 Å². The summed E-state index contributed by atoms with van der Waals surface area (Å²) in [4.78, 5) is 29.8. The minimum atomic E-state index is -0.434. The minimum Gasteiger partial charge on any atom is -0.461 e. The molecule has 0 bridgehead atoms. The highest BCUT2D eigenvalue weighted by Crippen LogP contribution is 2.23. The van der Waals surface area contributed by atoms with Crippen LogP contribution in [0, 0.1) is 6.92 Å². The Kier molecular flexibility index (Phi) is 5.29. The van der Waals surface area contributed by atoms with Gasteiger partial charge in [0.15, 0.2) is 10.8 Å². The SMILES string of the molecule is CCOC(=O)c1nc(NC(C)C(=O)N(C)C)sc1C. The smallest absolute Gasteiger partial charge is 0.358 e. The van der Waals surface area contributed by atoms with Crippen molar-refractivity contribution in [1.29, 1.82) is 0 Å². The molecule has 1 N–H and O–H groups in total. The second-order valence-electron chi connectivity index (χ2n) is 4.24. The molecule has 106 valence electrons. The number of amides is 1. The molecule has 1 aromatic rings. The second kappa shape index (κ2) is 6.51. The number of nitrogens with zero attached hydrogens (tertiary/aromatic N) is 2. The van der Waals surface area contributed by atoms with Crippen molar-refractivity contribution in [3.05, 3.63) is 10.6 Å². The number of aromatic nitrogens is 1.